The van der Waals surface area contributed by atoms with E-state index < -0.39 is 6.10 Å². The van der Waals surface area contributed by atoms with E-state index in [0.29, 0.717) is 0 Å². The largest absolute Gasteiger partial charge is 0.378 e. The minimum atomic E-state index is -0.605. The number of unbranched alkanes of at least 4 members (excludes halogenated alkanes) is 3. The fourth-order valence-corrected chi connectivity index (χ4v) is 1.45. The molecule has 14 heavy (non-hydrogen) atoms. The number of epoxide rings is 1. The summed E-state index contributed by atoms with van der Waals surface area (Å²) in [6.07, 6.45) is 3.76. The molecule has 0 spiro atoms. The summed E-state index contributed by atoms with van der Waals surface area (Å²) >= 11 is 0. The van der Waals surface area contributed by atoms with Crippen LogP contribution in [0.25, 0.3) is 0 Å². The summed E-state index contributed by atoms with van der Waals surface area (Å²) in [7, 11) is 0. The highest BCUT2D eigenvalue weighted by atomic mass is 16.6. The third-order valence-electron chi connectivity index (χ3n) is 2.50. The molecule has 1 aliphatic heterocycles. The maximum Gasteiger partial charge on any atom is 0.143 e. The van der Waals surface area contributed by atoms with Gasteiger partial charge < -0.3 is 9.84 Å². The van der Waals surface area contributed by atoms with Crippen molar-refractivity contribution in [2.24, 2.45) is 0 Å². The van der Waals surface area contributed by atoms with Gasteiger partial charge in [-0.2, -0.15) is 0 Å². The Balaban J connectivity index is 2.17. The Kier molecular flexibility index (Phi) is 3.97. The average molecular weight is 196 g/mol. The number of aliphatic hydroxyl groups excluding tert-OH is 1. The summed E-state index contributed by atoms with van der Waals surface area (Å²) in [5, 5.41) is 9.58. The average Bonchev–Trinajstić information content (AvgIpc) is 2.75. The molecule has 0 aromatic carbocycles. The van der Waals surface area contributed by atoms with Crippen LogP contribution >= 0.6 is 0 Å². The van der Waals surface area contributed by atoms with Crippen LogP contribution in [0.2, 0.25) is 0 Å². The third kappa shape index (κ3) is 3.32. The maximum atomic E-state index is 9.58. The van der Waals surface area contributed by atoms with E-state index in [1.807, 2.05) is 13.8 Å². The van der Waals surface area contributed by atoms with Crippen molar-refractivity contribution < 1.29 is 9.84 Å². The highest BCUT2D eigenvalue weighted by Gasteiger charge is 2.51. The zero-order valence-electron chi connectivity index (χ0n) is 9.34. The predicted octanol–water partition coefficient (Wildman–Crippen LogP) is 2.11. The smallest absolute Gasteiger partial charge is 0.143 e. The molecule has 1 heterocycles. The monoisotopic (exact) mass is 196 g/mol. The number of hydrogen-bond donors (Lipinski definition) is 1. The zero-order chi connectivity index (χ0) is 10.6. The SMILES string of the molecule is CCCCCC#C[C@H](O)C1OC1(C)C. The summed E-state index contributed by atoms with van der Waals surface area (Å²) in [5.41, 5.74) is -0.169. The standard InChI is InChI=1S/C12H20O2/c1-4-5-6-7-8-9-10(13)11-12(2,3)14-11/h10-11,13H,4-7H2,1-3H3/t10-,11?/m0/s1. The van der Waals surface area contributed by atoms with Gasteiger partial charge in [0.05, 0.1) is 5.60 Å². The Morgan fingerprint density at radius 3 is 2.57 bits per heavy atom. The molecule has 0 saturated carbocycles. The van der Waals surface area contributed by atoms with E-state index in [2.05, 4.69) is 18.8 Å². The molecule has 2 nitrogen and oxygen atoms in total. The molecule has 0 bridgehead atoms. The fourth-order valence-electron chi connectivity index (χ4n) is 1.45. The predicted molar refractivity (Wildman–Crippen MR) is 56.9 cm³/mol. The molecular formula is C12H20O2. The van der Waals surface area contributed by atoms with Crippen LogP contribution in [0.4, 0.5) is 0 Å². The second-order valence-corrected chi connectivity index (χ2v) is 4.36. The van der Waals surface area contributed by atoms with E-state index in [1.54, 1.807) is 0 Å². The van der Waals surface area contributed by atoms with E-state index >= 15 is 0 Å². The van der Waals surface area contributed by atoms with Gasteiger partial charge in [-0.25, -0.2) is 0 Å². The fraction of sp³-hybridized carbons (Fsp3) is 0.833. The van der Waals surface area contributed by atoms with Crippen LogP contribution in [0.5, 0.6) is 0 Å². The Morgan fingerprint density at radius 1 is 1.43 bits per heavy atom. The number of rotatable bonds is 4. The first-order chi connectivity index (χ1) is 6.58. The Hall–Kier alpha value is -0.520. The highest BCUT2D eigenvalue weighted by molar-refractivity contribution is 5.14. The molecule has 1 fully saturated rings. The van der Waals surface area contributed by atoms with Crippen LogP contribution in [-0.4, -0.2) is 22.9 Å². The molecule has 0 radical (unpaired) electrons. The van der Waals surface area contributed by atoms with Crippen molar-refractivity contribution in [1.82, 2.24) is 0 Å². The van der Waals surface area contributed by atoms with Crippen molar-refractivity contribution in [3.63, 3.8) is 0 Å². The van der Waals surface area contributed by atoms with E-state index in [4.69, 9.17) is 4.74 Å². The van der Waals surface area contributed by atoms with Gasteiger partial charge in [-0.1, -0.05) is 25.7 Å². The van der Waals surface area contributed by atoms with Crippen LogP contribution in [0.1, 0.15) is 46.5 Å². The van der Waals surface area contributed by atoms with Crippen molar-refractivity contribution >= 4 is 0 Å². The molecule has 0 amide bonds. The minimum Gasteiger partial charge on any atom is -0.378 e. The minimum absolute atomic E-state index is 0.0822. The van der Waals surface area contributed by atoms with Gasteiger partial charge in [0.2, 0.25) is 0 Å². The van der Waals surface area contributed by atoms with E-state index in [9.17, 15) is 5.11 Å². The van der Waals surface area contributed by atoms with Gasteiger partial charge >= 0.3 is 0 Å². The number of hydrogen-bond acceptors (Lipinski definition) is 2. The van der Waals surface area contributed by atoms with E-state index in [0.717, 1.165) is 12.8 Å². The lowest BCUT2D eigenvalue weighted by atomic mass is 10.1. The van der Waals surface area contributed by atoms with Crippen LogP contribution in [0.3, 0.4) is 0 Å². The molecule has 0 aromatic heterocycles. The Labute approximate surface area is 86.7 Å². The van der Waals surface area contributed by atoms with E-state index in [-0.39, 0.29) is 11.7 Å². The highest BCUT2D eigenvalue weighted by Crippen LogP contribution is 2.37. The van der Waals surface area contributed by atoms with Crippen molar-refractivity contribution in [3.8, 4) is 11.8 Å². The number of aliphatic hydroxyl groups is 1. The normalized spacial score (nSPS) is 25.0. The molecule has 2 atom stereocenters. The lowest BCUT2D eigenvalue weighted by Gasteiger charge is -1.98. The second kappa shape index (κ2) is 4.82. The molecule has 2 heteroatoms. The topological polar surface area (TPSA) is 32.8 Å². The number of ether oxygens (including phenoxy) is 1. The van der Waals surface area contributed by atoms with Gasteiger partial charge in [0.1, 0.15) is 12.2 Å². The first-order valence-electron chi connectivity index (χ1n) is 5.42. The molecule has 0 aromatic rings. The van der Waals surface area contributed by atoms with Crippen molar-refractivity contribution in [2.75, 3.05) is 0 Å². The Bertz CT molecular complexity index is 234. The molecule has 1 rings (SSSR count). The first kappa shape index (κ1) is 11.6. The first-order valence-corrected chi connectivity index (χ1v) is 5.42. The second-order valence-electron chi connectivity index (χ2n) is 4.36. The molecule has 80 valence electrons. The Morgan fingerprint density at radius 2 is 2.07 bits per heavy atom. The molecule has 1 saturated heterocycles. The zero-order valence-corrected chi connectivity index (χ0v) is 9.34. The summed E-state index contributed by atoms with van der Waals surface area (Å²) in [6.45, 7) is 6.11. The molecule has 1 unspecified atom stereocenters. The lowest BCUT2D eigenvalue weighted by Crippen LogP contribution is -2.18. The molecule has 0 aliphatic carbocycles. The van der Waals surface area contributed by atoms with Gasteiger partial charge in [-0.15, -0.1) is 5.92 Å². The summed E-state index contributed by atoms with van der Waals surface area (Å²) in [5.74, 6) is 5.84. The van der Waals surface area contributed by atoms with Gasteiger partial charge in [0.25, 0.3) is 0 Å². The summed E-state index contributed by atoms with van der Waals surface area (Å²) < 4.78 is 5.29. The van der Waals surface area contributed by atoms with Gasteiger partial charge in [0, 0.05) is 6.42 Å². The van der Waals surface area contributed by atoms with Crippen LogP contribution in [0, 0.1) is 11.8 Å². The lowest BCUT2D eigenvalue weighted by molar-refractivity contribution is 0.184. The van der Waals surface area contributed by atoms with Crippen molar-refractivity contribution in [2.45, 2.75) is 64.3 Å². The van der Waals surface area contributed by atoms with Crippen LogP contribution < -0.4 is 0 Å². The molecular weight excluding hydrogens is 176 g/mol. The third-order valence-corrected chi connectivity index (χ3v) is 2.50. The molecule has 1 aliphatic rings. The maximum absolute atomic E-state index is 9.58. The summed E-state index contributed by atoms with van der Waals surface area (Å²) in [4.78, 5) is 0. The molecule has 1 N–H and O–H groups in total. The van der Waals surface area contributed by atoms with Gasteiger partial charge in [0.15, 0.2) is 0 Å². The quantitative estimate of drug-likeness (QED) is 0.424. The van der Waals surface area contributed by atoms with Crippen LogP contribution in [0.15, 0.2) is 0 Å². The van der Waals surface area contributed by atoms with Gasteiger partial charge in [-0.3, -0.25) is 0 Å². The van der Waals surface area contributed by atoms with Crippen LogP contribution in [-0.2, 0) is 4.74 Å². The van der Waals surface area contributed by atoms with Crippen molar-refractivity contribution in [1.29, 1.82) is 0 Å². The summed E-state index contributed by atoms with van der Waals surface area (Å²) in [6, 6.07) is 0. The van der Waals surface area contributed by atoms with Crippen molar-refractivity contribution in [3.05, 3.63) is 0 Å². The van der Waals surface area contributed by atoms with Gasteiger partial charge in [-0.05, 0) is 20.3 Å². The van der Waals surface area contributed by atoms with E-state index in [1.165, 1.54) is 12.8 Å².